The van der Waals surface area contributed by atoms with Crippen molar-refractivity contribution in [3.8, 4) is 0 Å². The zero-order chi connectivity index (χ0) is 12.8. The Bertz CT molecular complexity index is 161. The first-order valence-corrected chi connectivity index (χ1v) is 10.5. The van der Waals surface area contributed by atoms with Gasteiger partial charge in [0, 0.05) is 0 Å². The van der Waals surface area contributed by atoms with Crippen LogP contribution in [-0.4, -0.2) is 66.1 Å². The predicted molar refractivity (Wildman–Crippen MR) is 30.6 cm³/mol. The van der Waals surface area contributed by atoms with Crippen LogP contribution in [0.4, 0.5) is 41.6 Å². The molecule has 96 valence electrons. The Balaban J connectivity index is -0.000000180. The minimum Gasteiger partial charge on any atom is 2.00 e. The molecule has 0 nitrogen and oxygen atoms in total. The van der Waals surface area contributed by atoms with Gasteiger partial charge in [-0.3, -0.25) is 0 Å². The second-order valence-electron chi connectivity index (χ2n) is 1.92. The molecule has 0 aliphatic heterocycles. The summed E-state index contributed by atoms with van der Waals surface area (Å²) in [6, 6.07) is 0. The standard InChI is InChI=1S/2AsF6.Ca/c2*2-1(3,4,5,6)7;/q2*-1;+2. The van der Waals surface area contributed by atoms with Crippen molar-refractivity contribution in [1.82, 2.24) is 0 Å². The van der Waals surface area contributed by atoms with Crippen molar-refractivity contribution in [3.63, 3.8) is 0 Å². The van der Waals surface area contributed by atoms with Gasteiger partial charge < -0.3 is 0 Å². The molecule has 0 aliphatic carbocycles. The van der Waals surface area contributed by atoms with Crippen LogP contribution in [0.25, 0.3) is 0 Å². The van der Waals surface area contributed by atoms with Gasteiger partial charge in [0.25, 0.3) is 0 Å². The quantitative estimate of drug-likeness (QED) is 0.414. The Kier molecular flexibility index (Phi) is 4.79. The van der Waals surface area contributed by atoms with Gasteiger partial charge in [0.15, 0.2) is 0 Å². The molecule has 0 unspecified atom stereocenters. The molecule has 0 spiro atoms. The third-order valence-electron chi connectivity index (χ3n) is 0. The van der Waals surface area contributed by atoms with Crippen LogP contribution in [-0.2, 0) is 0 Å². The van der Waals surface area contributed by atoms with Crippen molar-refractivity contribution in [3.05, 3.63) is 0 Å². The fourth-order valence-electron chi connectivity index (χ4n) is 0. The summed E-state index contributed by atoms with van der Waals surface area (Å²) >= 11 is -22.1. The Morgan fingerprint density at radius 3 is 0.333 bits per heavy atom. The fourth-order valence-corrected chi connectivity index (χ4v) is 0. The van der Waals surface area contributed by atoms with Gasteiger partial charge in [-0.1, -0.05) is 0 Å². The molecule has 0 bridgehead atoms. The molecule has 0 saturated heterocycles. The molecule has 0 radical (unpaired) electrons. The molecule has 0 rings (SSSR count). The van der Waals surface area contributed by atoms with Crippen molar-refractivity contribution in [1.29, 1.82) is 0 Å². The predicted octanol–water partition coefficient (Wildman–Crippen LogP) is 3.90. The molecule has 15 heavy (non-hydrogen) atoms. The molecule has 0 amide bonds. The summed E-state index contributed by atoms with van der Waals surface area (Å²) in [4.78, 5) is 0. The normalized spacial score (nSPS) is 21.6. The monoisotopic (exact) mass is 418 g/mol. The summed E-state index contributed by atoms with van der Waals surface area (Å²) in [7, 11) is 0. The maximum Gasteiger partial charge on any atom is 2.00 e. The van der Waals surface area contributed by atoms with Gasteiger partial charge in [-0.2, -0.15) is 0 Å². The van der Waals surface area contributed by atoms with Crippen molar-refractivity contribution >= 4 is 66.1 Å². The van der Waals surface area contributed by atoms with Gasteiger partial charge in [0.05, 0.1) is 0 Å². The largest absolute Gasteiger partial charge is 2.00 e. The molecular weight excluding hydrogens is 418 g/mol. The summed E-state index contributed by atoms with van der Waals surface area (Å²) in [5, 5.41) is 0. The maximum absolute atomic E-state index is 11.1. The first kappa shape index (κ1) is 21.8. The molecular formula is As2CaF12. The summed E-state index contributed by atoms with van der Waals surface area (Å²) in [6.07, 6.45) is 0. The number of halogens is 12. The summed E-state index contributed by atoms with van der Waals surface area (Å²) in [5.74, 6) is 0. The van der Waals surface area contributed by atoms with E-state index in [1.165, 1.54) is 0 Å². The van der Waals surface area contributed by atoms with Crippen LogP contribution >= 0.6 is 0 Å². The zero-order valence-corrected chi connectivity index (χ0v) is 12.1. The molecule has 0 aromatic rings. The first-order chi connectivity index (χ1) is 4.90. The van der Waals surface area contributed by atoms with E-state index >= 15 is 0 Å². The van der Waals surface area contributed by atoms with Crippen LogP contribution < -0.4 is 0 Å². The van der Waals surface area contributed by atoms with Crippen LogP contribution in [0.15, 0.2) is 0 Å². The molecule has 0 N–H and O–H groups in total. The minimum atomic E-state index is -11.1. The second kappa shape index (κ2) is 3.30. The molecule has 0 aromatic heterocycles. The number of rotatable bonds is 0. The van der Waals surface area contributed by atoms with E-state index in [1.54, 1.807) is 0 Å². The van der Waals surface area contributed by atoms with Crippen molar-refractivity contribution in [2.45, 2.75) is 0 Å². The van der Waals surface area contributed by atoms with E-state index in [0.717, 1.165) is 0 Å². The van der Waals surface area contributed by atoms with Crippen LogP contribution in [0, 0.1) is 0 Å². The van der Waals surface area contributed by atoms with E-state index in [-0.39, 0.29) is 37.7 Å². The van der Waals surface area contributed by atoms with E-state index in [0.29, 0.717) is 0 Å². The second-order valence-corrected chi connectivity index (χ2v) is 9.96. The average molecular weight is 418 g/mol. The number of hydrogen-bond donors (Lipinski definition) is 0. The fraction of sp³-hybridized carbons (Fsp3) is 0. The smallest absolute Gasteiger partial charge is 2.00 e. The minimum absolute atomic E-state index is 0. The summed E-state index contributed by atoms with van der Waals surface area (Å²) in [6.45, 7) is 0. The average Bonchev–Trinajstić information content (AvgIpc) is 0.938. The molecule has 0 saturated carbocycles. The molecule has 0 atom stereocenters. The van der Waals surface area contributed by atoms with Crippen molar-refractivity contribution < 1.29 is 41.6 Å². The molecule has 0 heterocycles. The summed E-state index contributed by atoms with van der Waals surface area (Å²) < 4.78 is 119. The van der Waals surface area contributed by atoms with Gasteiger partial charge in [-0.05, 0) is 0 Å². The van der Waals surface area contributed by atoms with Gasteiger partial charge in [0.2, 0.25) is 0 Å². The Hall–Kier alpha value is 1.54. The third-order valence-corrected chi connectivity index (χ3v) is 0. The van der Waals surface area contributed by atoms with E-state index in [4.69, 9.17) is 0 Å². The topological polar surface area (TPSA) is 0 Å². The van der Waals surface area contributed by atoms with Gasteiger partial charge >= 0.3 is 108 Å². The Labute approximate surface area is 107 Å². The SMILES string of the molecule is F[As-](F)(F)(F)(F)F.F[As-](F)(F)(F)(F)F.[Ca+2]. The number of hydrogen-bond acceptors (Lipinski definition) is 0. The van der Waals surface area contributed by atoms with Gasteiger partial charge in [-0.15, -0.1) is 0 Å². The van der Waals surface area contributed by atoms with E-state index in [9.17, 15) is 41.6 Å². The molecule has 0 fully saturated rings. The van der Waals surface area contributed by atoms with Crippen LogP contribution in [0.3, 0.4) is 0 Å². The maximum atomic E-state index is 9.91. The van der Waals surface area contributed by atoms with E-state index < -0.39 is 28.3 Å². The zero-order valence-electron chi connectivity index (χ0n) is 6.14. The first-order valence-electron chi connectivity index (χ1n) is 2.03. The molecule has 0 aromatic carbocycles. The van der Waals surface area contributed by atoms with Crippen LogP contribution in [0.2, 0.25) is 0 Å². The summed E-state index contributed by atoms with van der Waals surface area (Å²) in [5.41, 5.74) is 0. The van der Waals surface area contributed by atoms with Gasteiger partial charge in [0.1, 0.15) is 0 Å². The van der Waals surface area contributed by atoms with E-state index in [1.807, 2.05) is 0 Å². The Morgan fingerprint density at radius 2 is 0.333 bits per heavy atom. The third kappa shape index (κ3) is 1210. The van der Waals surface area contributed by atoms with Crippen LogP contribution in [0.1, 0.15) is 0 Å². The van der Waals surface area contributed by atoms with E-state index in [2.05, 4.69) is 0 Å². The van der Waals surface area contributed by atoms with Crippen molar-refractivity contribution in [2.24, 2.45) is 0 Å². The molecule has 0 aliphatic rings. The van der Waals surface area contributed by atoms with Crippen LogP contribution in [0.5, 0.6) is 0 Å². The Morgan fingerprint density at radius 1 is 0.333 bits per heavy atom. The van der Waals surface area contributed by atoms with Crippen molar-refractivity contribution in [2.75, 3.05) is 0 Å². The van der Waals surface area contributed by atoms with Gasteiger partial charge in [-0.25, -0.2) is 0 Å². The molecule has 15 heteroatoms.